The van der Waals surface area contributed by atoms with Crippen LogP contribution in [-0.2, 0) is 19.7 Å². The normalized spacial score (nSPS) is 12.1. The molecule has 0 amide bonds. The largest absolute Gasteiger partial charge is 0.338 e. The van der Waals surface area contributed by atoms with E-state index in [4.69, 9.17) is 30.3 Å². The van der Waals surface area contributed by atoms with Gasteiger partial charge in [0.15, 0.2) is 36.4 Å². The van der Waals surface area contributed by atoms with E-state index in [2.05, 4.69) is 35.7 Å². The molecule has 9 aromatic rings. The van der Waals surface area contributed by atoms with Crippen molar-refractivity contribution in [3.63, 3.8) is 0 Å². The van der Waals surface area contributed by atoms with E-state index < -0.39 is 19.7 Å². The standard InChI is InChI=1S/C50H44N10O4S4/c1-27-19-29(3)43(30(4)20-27)55-47-44(31(5)23-42(54-47)59(46-32(6)21-28(2)22-33(46)7)49-52-38-17-15-35(67(8,61)62)24-40(38)65-49)56-57-48-37(26-51)45(34-13-11-10-12-14-34)58-60(48)50-53-39-18-16-36(68(9,63)64)25-41(39)66-50/h10-25H,1-9H3,(H,54,55). The zero-order valence-electron chi connectivity index (χ0n) is 38.5. The minimum absolute atomic E-state index is 0.112. The Bertz CT molecular complexity index is 3790. The molecular formula is C50H44N10O4S4. The number of benzene rings is 5. The smallest absolute Gasteiger partial charge is 0.213 e. The molecule has 4 heterocycles. The van der Waals surface area contributed by atoms with Gasteiger partial charge in [-0.05, 0) is 119 Å². The summed E-state index contributed by atoms with van der Waals surface area (Å²) in [5.41, 5.74) is 11.3. The van der Waals surface area contributed by atoms with Crippen molar-refractivity contribution >= 4 is 102 Å². The first kappa shape index (κ1) is 46.0. The second kappa shape index (κ2) is 17.5. The van der Waals surface area contributed by atoms with Crippen molar-refractivity contribution in [3.8, 4) is 22.5 Å². The number of pyridine rings is 1. The molecule has 342 valence electrons. The number of aromatic nitrogens is 5. The van der Waals surface area contributed by atoms with Gasteiger partial charge < -0.3 is 5.32 Å². The first-order valence-electron chi connectivity index (χ1n) is 21.2. The van der Waals surface area contributed by atoms with Crippen molar-refractivity contribution in [3.05, 3.63) is 142 Å². The minimum atomic E-state index is -3.50. The van der Waals surface area contributed by atoms with Crippen molar-refractivity contribution in [1.29, 1.82) is 5.26 Å². The number of hydrogen-bond donors (Lipinski definition) is 1. The molecule has 0 bridgehead atoms. The average molecular weight is 977 g/mol. The van der Waals surface area contributed by atoms with E-state index in [1.165, 1.54) is 39.7 Å². The summed E-state index contributed by atoms with van der Waals surface area (Å²) in [4.78, 5) is 17.6. The Labute approximate surface area is 402 Å². The predicted molar refractivity (Wildman–Crippen MR) is 272 cm³/mol. The Morgan fingerprint density at radius 2 is 1.24 bits per heavy atom. The molecule has 0 aliphatic carbocycles. The van der Waals surface area contributed by atoms with Crippen LogP contribution in [0.25, 0.3) is 36.8 Å². The minimum Gasteiger partial charge on any atom is -0.338 e. The Balaban J connectivity index is 1.27. The van der Waals surface area contributed by atoms with Gasteiger partial charge in [-0.3, -0.25) is 4.90 Å². The van der Waals surface area contributed by atoms with Gasteiger partial charge in [-0.25, -0.2) is 31.8 Å². The molecule has 0 unspecified atom stereocenters. The summed E-state index contributed by atoms with van der Waals surface area (Å²) in [6, 6.07) is 31.6. The molecule has 5 aromatic carbocycles. The van der Waals surface area contributed by atoms with Gasteiger partial charge in [0, 0.05) is 23.8 Å². The predicted octanol–water partition coefficient (Wildman–Crippen LogP) is 12.6. The number of nitriles is 1. The summed E-state index contributed by atoms with van der Waals surface area (Å²) in [6.45, 7) is 14.1. The van der Waals surface area contributed by atoms with Crippen LogP contribution in [0.4, 0.5) is 39.6 Å². The molecule has 68 heavy (non-hydrogen) atoms. The van der Waals surface area contributed by atoms with Crippen molar-refractivity contribution < 1.29 is 16.8 Å². The number of thiazole rings is 2. The van der Waals surface area contributed by atoms with Gasteiger partial charge in [-0.15, -0.1) is 10.2 Å². The van der Waals surface area contributed by atoms with E-state index in [-0.39, 0.29) is 21.2 Å². The highest BCUT2D eigenvalue weighted by Crippen LogP contribution is 2.46. The van der Waals surface area contributed by atoms with Crippen LogP contribution in [0.15, 0.2) is 117 Å². The summed E-state index contributed by atoms with van der Waals surface area (Å²) in [6.07, 6.45) is 2.34. The number of nitrogens with zero attached hydrogens (tertiary/aromatic N) is 9. The van der Waals surface area contributed by atoms with Crippen molar-refractivity contribution in [2.24, 2.45) is 10.2 Å². The number of nitrogens with one attached hydrogen (secondary N) is 1. The summed E-state index contributed by atoms with van der Waals surface area (Å²) in [5.74, 6) is 0.995. The van der Waals surface area contributed by atoms with Crippen molar-refractivity contribution in [2.75, 3.05) is 22.7 Å². The highest BCUT2D eigenvalue weighted by atomic mass is 32.2. The zero-order valence-corrected chi connectivity index (χ0v) is 41.8. The maximum Gasteiger partial charge on any atom is 0.213 e. The van der Waals surface area contributed by atoms with Gasteiger partial charge in [0.2, 0.25) is 5.13 Å². The fourth-order valence-electron chi connectivity index (χ4n) is 8.37. The third-order valence-electron chi connectivity index (χ3n) is 11.4. The van der Waals surface area contributed by atoms with Crippen LogP contribution in [0.5, 0.6) is 0 Å². The Kier molecular flexibility index (Phi) is 11.8. The van der Waals surface area contributed by atoms with Gasteiger partial charge in [0.25, 0.3) is 0 Å². The molecule has 0 fully saturated rings. The number of sulfone groups is 2. The molecule has 0 atom stereocenters. The van der Waals surface area contributed by atoms with Gasteiger partial charge in [0.1, 0.15) is 28.8 Å². The van der Waals surface area contributed by atoms with E-state index in [0.717, 1.165) is 51.0 Å². The first-order chi connectivity index (χ1) is 32.3. The van der Waals surface area contributed by atoms with Crippen LogP contribution in [0, 0.1) is 59.8 Å². The molecule has 18 heteroatoms. The average Bonchev–Trinajstić information content (AvgIpc) is 4.00. The summed E-state index contributed by atoms with van der Waals surface area (Å²) in [7, 11) is -6.97. The lowest BCUT2D eigenvalue weighted by atomic mass is 10.0. The third kappa shape index (κ3) is 8.76. The monoisotopic (exact) mass is 976 g/mol. The van der Waals surface area contributed by atoms with Crippen LogP contribution >= 0.6 is 22.7 Å². The second-order valence-corrected chi connectivity index (χ2v) is 23.0. The molecule has 1 N–H and O–H groups in total. The molecule has 0 spiro atoms. The highest BCUT2D eigenvalue weighted by Gasteiger charge is 2.27. The lowest BCUT2D eigenvalue weighted by Crippen LogP contribution is -2.15. The SMILES string of the molecule is Cc1cc(C)c(Nc2nc(N(c3nc4ccc(S(C)(=O)=O)cc4s3)c3c(C)cc(C)cc3C)cc(C)c2N=Nc2c(C#N)c(-c3ccccc3)nn2-c2nc3ccc(S(C)(=O)=O)cc3s2)c(C)c1. The van der Waals surface area contributed by atoms with E-state index in [1.807, 2.05) is 89.8 Å². The quantitative estimate of drug-likeness (QED) is 0.121. The van der Waals surface area contributed by atoms with E-state index >= 15 is 0 Å². The molecular weight excluding hydrogens is 933 g/mol. The summed E-state index contributed by atoms with van der Waals surface area (Å²) < 4.78 is 53.0. The van der Waals surface area contributed by atoms with Crippen LogP contribution in [0.1, 0.15) is 44.5 Å². The maximum absolute atomic E-state index is 12.6. The number of rotatable bonds is 11. The molecule has 0 aliphatic rings. The Morgan fingerprint density at radius 1 is 0.662 bits per heavy atom. The number of aryl methyl sites for hydroxylation is 7. The molecule has 9 rings (SSSR count). The van der Waals surface area contributed by atoms with Crippen LogP contribution in [-0.4, -0.2) is 54.1 Å². The molecule has 0 aliphatic heterocycles. The zero-order chi connectivity index (χ0) is 48.4. The van der Waals surface area contributed by atoms with Crippen molar-refractivity contribution in [1.82, 2.24) is 24.7 Å². The second-order valence-electron chi connectivity index (χ2n) is 16.9. The topological polar surface area (TPSA) is 189 Å². The van der Waals surface area contributed by atoms with Gasteiger partial charge >= 0.3 is 0 Å². The van der Waals surface area contributed by atoms with Crippen LogP contribution in [0.2, 0.25) is 0 Å². The van der Waals surface area contributed by atoms with E-state index in [0.29, 0.717) is 64.8 Å². The van der Waals surface area contributed by atoms with Crippen LogP contribution < -0.4 is 10.2 Å². The van der Waals surface area contributed by atoms with Gasteiger partial charge in [0.05, 0.1) is 35.9 Å². The fourth-order valence-corrected chi connectivity index (χ4v) is 11.8. The summed E-state index contributed by atoms with van der Waals surface area (Å²) in [5, 5.41) is 30.0. The first-order valence-corrected chi connectivity index (χ1v) is 26.7. The Hall–Kier alpha value is -7.17. The van der Waals surface area contributed by atoms with Gasteiger partial charge in [-0.1, -0.05) is 88.4 Å². The molecule has 0 saturated heterocycles. The lowest BCUT2D eigenvalue weighted by molar-refractivity contribution is 0.600. The fraction of sp³-hybridized carbons (Fsp3) is 0.180. The van der Waals surface area contributed by atoms with E-state index in [1.54, 1.807) is 30.3 Å². The van der Waals surface area contributed by atoms with Gasteiger partial charge in [-0.2, -0.15) is 15.0 Å². The lowest BCUT2D eigenvalue weighted by Gasteiger charge is -2.27. The third-order valence-corrected chi connectivity index (χ3v) is 15.6. The maximum atomic E-state index is 12.6. The number of azo groups is 1. The van der Waals surface area contributed by atoms with Crippen LogP contribution in [0.3, 0.4) is 0 Å². The number of hydrogen-bond acceptors (Lipinski definition) is 15. The Morgan fingerprint density at radius 3 is 1.82 bits per heavy atom. The highest BCUT2D eigenvalue weighted by molar-refractivity contribution is 7.91. The summed E-state index contributed by atoms with van der Waals surface area (Å²) >= 11 is 2.57. The van der Waals surface area contributed by atoms with E-state index in [9.17, 15) is 22.1 Å². The van der Waals surface area contributed by atoms with Crippen molar-refractivity contribution in [2.45, 2.75) is 58.3 Å². The molecule has 0 radical (unpaired) electrons. The number of fused-ring (bicyclic) bond motifs is 2. The number of anilines is 5. The molecule has 14 nitrogen and oxygen atoms in total. The molecule has 0 saturated carbocycles. The molecule has 4 aromatic heterocycles.